The second-order valence-electron chi connectivity index (χ2n) is 4.60. The van der Waals surface area contributed by atoms with Crippen LogP contribution in [0, 0.1) is 0 Å². The molecule has 1 aliphatic heterocycles. The van der Waals surface area contributed by atoms with Crippen molar-refractivity contribution in [3.05, 3.63) is 0 Å². The lowest BCUT2D eigenvalue weighted by molar-refractivity contribution is -0.149. The predicted molar refractivity (Wildman–Crippen MR) is 51.2 cm³/mol. The number of ether oxygens (including phenoxy) is 1. The van der Waals surface area contributed by atoms with Crippen LogP contribution in [0.25, 0.3) is 0 Å². The lowest BCUT2D eigenvalue weighted by atomic mass is 10.2. The van der Waals surface area contributed by atoms with Crippen molar-refractivity contribution < 1.29 is 14.6 Å². The number of nitrogens with one attached hydrogen (secondary N) is 1. The van der Waals surface area contributed by atoms with Crippen LogP contribution in [0.3, 0.4) is 0 Å². The van der Waals surface area contributed by atoms with Gasteiger partial charge in [0.1, 0.15) is 0 Å². The van der Waals surface area contributed by atoms with Gasteiger partial charge < -0.3 is 15.2 Å². The van der Waals surface area contributed by atoms with Crippen molar-refractivity contribution in [1.82, 2.24) is 5.32 Å². The summed E-state index contributed by atoms with van der Waals surface area (Å²) in [7, 11) is 0. The molecule has 0 amide bonds. The zero-order chi connectivity index (χ0) is 10.2. The maximum Gasteiger partial charge on any atom is 0.332 e. The minimum Gasteiger partial charge on any atom is -0.479 e. The first kappa shape index (κ1) is 9.93. The topological polar surface area (TPSA) is 58.6 Å². The van der Waals surface area contributed by atoms with Crippen molar-refractivity contribution in [2.75, 3.05) is 6.54 Å². The number of carboxylic acids is 1. The maximum absolute atomic E-state index is 10.6. The molecule has 1 aliphatic carbocycles. The van der Waals surface area contributed by atoms with Crippen molar-refractivity contribution in [3.8, 4) is 0 Å². The van der Waals surface area contributed by atoms with Crippen molar-refractivity contribution in [2.45, 2.75) is 50.4 Å². The van der Waals surface area contributed by atoms with Crippen molar-refractivity contribution >= 4 is 5.97 Å². The van der Waals surface area contributed by atoms with Gasteiger partial charge in [-0.1, -0.05) is 0 Å². The highest BCUT2D eigenvalue weighted by Gasteiger charge is 2.38. The maximum atomic E-state index is 10.6. The van der Waals surface area contributed by atoms with Gasteiger partial charge in [0, 0.05) is 12.1 Å². The van der Waals surface area contributed by atoms with Gasteiger partial charge in [0.2, 0.25) is 0 Å². The first-order valence-corrected chi connectivity index (χ1v) is 5.22. The molecule has 4 nitrogen and oxygen atoms in total. The molecular formula is C10H17NO3. The largest absolute Gasteiger partial charge is 0.479 e. The van der Waals surface area contributed by atoms with Gasteiger partial charge in [-0.05, 0) is 32.6 Å². The highest BCUT2D eigenvalue weighted by atomic mass is 16.5. The molecule has 0 aromatic rings. The Morgan fingerprint density at radius 1 is 1.57 bits per heavy atom. The first-order chi connectivity index (χ1) is 6.59. The summed E-state index contributed by atoms with van der Waals surface area (Å²) in [5.74, 6) is -0.829. The fourth-order valence-corrected chi connectivity index (χ4v) is 1.76. The van der Waals surface area contributed by atoms with Crippen LogP contribution in [-0.4, -0.2) is 35.4 Å². The number of carbonyl (C=O) groups is 1. The third kappa shape index (κ3) is 2.25. The summed E-state index contributed by atoms with van der Waals surface area (Å²) in [6, 6.07) is 0. The second kappa shape index (κ2) is 3.51. The summed E-state index contributed by atoms with van der Waals surface area (Å²) in [6.07, 6.45) is 3.48. The molecule has 2 atom stereocenters. The van der Waals surface area contributed by atoms with E-state index in [0.717, 1.165) is 13.0 Å². The Morgan fingerprint density at radius 2 is 2.29 bits per heavy atom. The molecule has 0 radical (unpaired) electrons. The van der Waals surface area contributed by atoms with E-state index >= 15 is 0 Å². The van der Waals surface area contributed by atoms with Crippen LogP contribution in [0.4, 0.5) is 0 Å². The molecule has 4 heteroatoms. The molecule has 2 fully saturated rings. The molecule has 0 aromatic carbocycles. The molecular weight excluding hydrogens is 182 g/mol. The van der Waals surface area contributed by atoms with Gasteiger partial charge >= 0.3 is 5.97 Å². The monoisotopic (exact) mass is 199 g/mol. The Balaban J connectivity index is 1.70. The molecule has 14 heavy (non-hydrogen) atoms. The first-order valence-electron chi connectivity index (χ1n) is 5.22. The van der Waals surface area contributed by atoms with E-state index in [1.54, 1.807) is 0 Å². The molecule has 1 saturated carbocycles. The summed E-state index contributed by atoms with van der Waals surface area (Å²) in [4.78, 5) is 10.6. The average Bonchev–Trinajstić information content (AvgIpc) is 2.68. The summed E-state index contributed by atoms with van der Waals surface area (Å²) in [5.41, 5.74) is 0.310. The number of carboxylic acid groups (broad SMARTS) is 1. The molecule has 2 rings (SSSR count). The summed E-state index contributed by atoms with van der Waals surface area (Å²) < 4.78 is 5.38. The van der Waals surface area contributed by atoms with Gasteiger partial charge in [-0.25, -0.2) is 4.79 Å². The molecule has 1 heterocycles. The lowest BCUT2D eigenvalue weighted by Crippen LogP contribution is -2.35. The van der Waals surface area contributed by atoms with E-state index in [0.29, 0.717) is 12.0 Å². The van der Waals surface area contributed by atoms with E-state index < -0.39 is 12.1 Å². The van der Waals surface area contributed by atoms with E-state index in [-0.39, 0.29) is 6.10 Å². The quantitative estimate of drug-likeness (QED) is 0.702. The van der Waals surface area contributed by atoms with Crippen molar-refractivity contribution in [2.24, 2.45) is 0 Å². The summed E-state index contributed by atoms with van der Waals surface area (Å²) >= 11 is 0. The van der Waals surface area contributed by atoms with Crippen LogP contribution in [0.2, 0.25) is 0 Å². The molecule has 2 N–H and O–H groups in total. The fraction of sp³-hybridized carbons (Fsp3) is 0.900. The molecule has 0 spiro atoms. The molecule has 2 unspecified atom stereocenters. The van der Waals surface area contributed by atoms with Crippen LogP contribution in [0.5, 0.6) is 0 Å². The van der Waals surface area contributed by atoms with Crippen molar-refractivity contribution in [3.63, 3.8) is 0 Å². The van der Waals surface area contributed by atoms with Crippen LogP contribution < -0.4 is 5.32 Å². The van der Waals surface area contributed by atoms with Crippen LogP contribution in [0.15, 0.2) is 0 Å². The Kier molecular flexibility index (Phi) is 2.49. The number of hydrogen-bond acceptors (Lipinski definition) is 3. The van der Waals surface area contributed by atoms with E-state index in [9.17, 15) is 4.79 Å². The van der Waals surface area contributed by atoms with Gasteiger partial charge in [0.25, 0.3) is 0 Å². The average molecular weight is 199 g/mol. The Hall–Kier alpha value is -0.610. The van der Waals surface area contributed by atoms with Crippen LogP contribution in [-0.2, 0) is 9.53 Å². The predicted octanol–water partition coefficient (Wildman–Crippen LogP) is 0.761. The zero-order valence-electron chi connectivity index (χ0n) is 8.45. The van der Waals surface area contributed by atoms with Gasteiger partial charge in [0.15, 0.2) is 6.10 Å². The van der Waals surface area contributed by atoms with Gasteiger partial charge in [0.05, 0.1) is 6.10 Å². The third-order valence-electron chi connectivity index (χ3n) is 3.14. The molecule has 80 valence electrons. The summed E-state index contributed by atoms with van der Waals surface area (Å²) in [6.45, 7) is 2.98. The minimum atomic E-state index is -0.829. The number of hydrogen-bond donors (Lipinski definition) is 2. The fourth-order valence-electron chi connectivity index (χ4n) is 1.76. The number of aliphatic carboxylic acids is 1. The molecule has 0 aromatic heterocycles. The minimum absolute atomic E-state index is 0.0912. The van der Waals surface area contributed by atoms with E-state index in [1.165, 1.54) is 12.8 Å². The third-order valence-corrected chi connectivity index (χ3v) is 3.14. The molecule has 0 bridgehead atoms. The molecule has 1 saturated heterocycles. The Labute approximate surface area is 83.6 Å². The van der Waals surface area contributed by atoms with Crippen LogP contribution in [0.1, 0.15) is 32.6 Å². The molecule has 2 aliphatic rings. The van der Waals surface area contributed by atoms with E-state index in [2.05, 4.69) is 12.2 Å². The highest BCUT2D eigenvalue weighted by Crippen LogP contribution is 2.34. The Morgan fingerprint density at radius 3 is 2.79 bits per heavy atom. The van der Waals surface area contributed by atoms with E-state index in [1.807, 2.05) is 0 Å². The number of rotatable bonds is 4. The lowest BCUT2D eigenvalue weighted by Gasteiger charge is -2.16. The summed E-state index contributed by atoms with van der Waals surface area (Å²) in [5, 5.41) is 12.1. The van der Waals surface area contributed by atoms with Crippen molar-refractivity contribution in [1.29, 1.82) is 0 Å². The second-order valence-corrected chi connectivity index (χ2v) is 4.60. The standard InChI is InChI=1S/C10H17NO3/c1-10(4-5-10)11-6-7-2-3-8(14-7)9(12)13/h7-8,11H,2-6H2,1H3,(H,12,13). The smallest absolute Gasteiger partial charge is 0.332 e. The van der Waals surface area contributed by atoms with Crippen LogP contribution >= 0.6 is 0 Å². The van der Waals surface area contributed by atoms with E-state index in [4.69, 9.17) is 9.84 Å². The van der Waals surface area contributed by atoms with Gasteiger partial charge in [-0.3, -0.25) is 0 Å². The zero-order valence-corrected chi connectivity index (χ0v) is 8.45. The van der Waals surface area contributed by atoms with Gasteiger partial charge in [-0.2, -0.15) is 0 Å². The highest BCUT2D eigenvalue weighted by molar-refractivity contribution is 5.72. The Bertz CT molecular complexity index is 238. The van der Waals surface area contributed by atoms with Gasteiger partial charge in [-0.15, -0.1) is 0 Å². The normalized spacial score (nSPS) is 34.4. The SMILES string of the molecule is CC1(NCC2CCC(C(=O)O)O2)CC1.